The Bertz CT molecular complexity index is 2530. The van der Waals surface area contributed by atoms with Crippen LogP contribution in [0.4, 0.5) is 8.78 Å². The molecule has 0 atom stereocenters. The van der Waals surface area contributed by atoms with Gasteiger partial charge in [-0.3, -0.25) is 0 Å². The summed E-state index contributed by atoms with van der Waals surface area (Å²) in [6, 6.07) is 4.57. The largest absolute Gasteiger partial charge is 0.206 e. The van der Waals surface area contributed by atoms with Crippen molar-refractivity contribution in [1.29, 1.82) is 0 Å². The molecule has 0 saturated carbocycles. The lowest BCUT2D eigenvalue weighted by atomic mass is 9.68. The van der Waals surface area contributed by atoms with Gasteiger partial charge in [-0.1, -0.05) is 362 Å². The number of benzene rings is 3. The molecule has 0 N–H and O–H groups in total. The minimum absolute atomic E-state index is 0.191. The normalized spacial score (nSPS) is 13.8. The van der Waals surface area contributed by atoms with Crippen molar-refractivity contribution in [2.45, 2.75) is 398 Å². The van der Waals surface area contributed by atoms with Gasteiger partial charge in [-0.05, 0) is 87.5 Å². The van der Waals surface area contributed by atoms with Crippen LogP contribution in [0.2, 0.25) is 0 Å². The average Bonchev–Trinajstić information content (AvgIpc) is 1.50. The number of halogens is 4. The first-order chi connectivity index (χ1) is 44.3. The molecule has 0 saturated heterocycles. The molecule has 3 aromatic carbocycles. The third-order valence-corrected chi connectivity index (χ3v) is 24.2. The first kappa shape index (κ1) is 75.7. The van der Waals surface area contributed by atoms with Gasteiger partial charge in [0.25, 0.3) is 0 Å². The van der Waals surface area contributed by atoms with Crippen LogP contribution >= 0.6 is 62.0 Å². The van der Waals surface area contributed by atoms with Crippen molar-refractivity contribution in [2.75, 3.05) is 0 Å². The summed E-state index contributed by atoms with van der Waals surface area (Å²) in [6.07, 6.45) is 69.9. The van der Waals surface area contributed by atoms with Crippen LogP contribution in [0.15, 0.2) is 16.6 Å². The summed E-state index contributed by atoms with van der Waals surface area (Å²) in [5, 5.41) is 0. The zero-order valence-electron chi connectivity index (χ0n) is 57.9. The van der Waals surface area contributed by atoms with Gasteiger partial charge in [-0.25, -0.2) is 8.78 Å². The Labute approximate surface area is 580 Å². The Morgan fingerprint density at radius 3 is 0.811 bits per heavy atom. The van der Waals surface area contributed by atoms with Gasteiger partial charge in [0.05, 0.1) is 23.5 Å². The third-order valence-electron chi connectivity index (χ3n) is 21.7. The minimum atomic E-state index is -0.710. The quantitative estimate of drug-likeness (QED) is 0.0288. The van der Waals surface area contributed by atoms with Gasteiger partial charge in [0, 0.05) is 52.3 Å². The van der Waals surface area contributed by atoms with Gasteiger partial charge in [-0.15, -0.1) is 0 Å². The van der Waals surface area contributed by atoms with Gasteiger partial charge >= 0.3 is 0 Å². The van der Waals surface area contributed by atoms with Crippen LogP contribution in [0.25, 0.3) is 44.3 Å². The van der Waals surface area contributed by atoms with Gasteiger partial charge in [-0.2, -0.15) is 17.5 Å². The molecule has 0 radical (unpaired) electrons. The number of nitrogens with zero attached hydrogens (tertiary/aromatic N) is 4. The summed E-state index contributed by atoms with van der Waals surface area (Å²) in [5.41, 5.74) is 7.78. The summed E-state index contributed by atoms with van der Waals surface area (Å²) in [6.45, 7) is 9.20. The van der Waals surface area contributed by atoms with Crippen LogP contribution in [0, 0.1) is 15.2 Å². The van der Waals surface area contributed by atoms with Crippen LogP contribution in [0.1, 0.15) is 410 Å². The second kappa shape index (κ2) is 43.5. The van der Waals surface area contributed by atoms with E-state index >= 15 is 8.78 Å². The number of fused-ring (bicyclic) bond motifs is 10. The van der Waals surface area contributed by atoms with Crippen molar-refractivity contribution in [2.24, 2.45) is 0 Å². The summed E-state index contributed by atoms with van der Waals surface area (Å²) in [4.78, 5) is 0. The zero-order valence-corrected chi connectivity index (χ0v) is 63.2. The Hall–Kier alpha value is -1.63. The summed E-state index contributed by atoms with van der Waals surface area (Å²) in [5.74, 6) is -0.382. The van der Waals surface area contributed by atoms with E-state index < -0.39 is 10.8 Å². The maximum Gasteiger partial charge on any atom is 0.136 e. The summed E-state index contributed by atoms with van der Waals surface area (Å²) < 4.78 is 61.8. The van der Waals surface area contributed by atoms with Crippen molar-refractivity contribution >= 4 is 84.0 Å². The smallest absolute Gasteiger partial charge is 0.136 e. The fraction of sp³-hybridized carbons (Fsp3) is 0.775. The second-order valence-electron chi connectivity index (χ2n) is 28.7. The standard InChI is InChI=1S/C80H126BrF2IN4S2/c1-5-9-13-17-21-25-29-33-37-41-45-49-53-57-79(58-54-50-46-42-38-34-30-26-22-18-14-10-6-2)63-61-65(81)75-77(87-89-85-75)67(63)69-71(79)74(83)70-68-64(62-66(84)76-78(68)88-90-86-76)80(72(70)73(69)82,59-55-51-47-43-39-35-31-27-23-19-15-11-7-3)60-56-52-48-44-40-36-32-28-24-20-16-12-8-4/h61-62H,5-60H2,1-4H3. The van der Waals surface area contributed by atoms with E-state index in [1.165, 1.54) is 306 Å². The highest BCUT2D eigenvalue weighted by atomic mass is 127. The Morgan fingerprint density at radius 1 is 0.311 bits per heavy atom. The second-order valence-corrected chi connectivity index (χ2v) is 31.8. The van der Waals surface area contributed by atoms with Crippen molar-refractivity contribution in [1.82, 2.24) is 17.5 Å². The molecule has 10 heteroatoms. The summed E-state index contributed by atoms with van der Waals surface area (Å²) >= 11 is 8.91. The minimum Gasteiger partial charge on any atom is -0.206 e. The molecule has 2 heterocycles. The van der Waals surface area contributed by atoms with Crippen LogP contribution in [0.5, 0.6) is 0 Å². The molecule has 0 spiro atoms. The molecule has 2 aliphatic rings. The first-order valence-electron chi connectivity index (χ1n) is 38.8. The van der Waals surface area contributed by atoms with Crippen LogP contribution in [-0.2, 0) is 10.8 Å². The van der Waals surface area contributed by atoms with Gasteiger partial charge in [0.15, 0.2) is 0 Å². The predicted molar refractivity (Wildman–Crippen MR) is 402 cm³/mol. The highest BCUT2D eigenvalue weighted by Gasteiger charge is 2.54. The van der Waals surface area contributed by atoms with E-state index in [-0.39, 0.29) is 11.6 Å². The molecular weight excluding hydrogens is 1330 g/mol. The van der Waals surface area contributed by atoms with E-state index in [1.54, 1.807) is 0 Å². The van der Waals surface area contributed by atoms with E-state index in [2.05, 4.69) is 78.3 Å². The number of hydrogen-bond donors (Lipinski definition) is 0. The number of unbranched alkanes of at least 4 members (excludes halogenated alkanes) is 48. The molecule has 0 amide bonds. The maximum absolute atomic E-state index is 20.0. The number of aromatic nitrogens is 4. The zero-order chi connectivity index (χ0) is 63.5. The first-order valence-corrected chi connectivity index (χ1v) is 42.1. The lowest BCUT2D eigenvalue weighted by molar-refractivity contribution is 0.374. The maximum atomic E-state index is 20.0. The fourth-order valence-corrected chi connectivity index (χ4v) is 19.1. The lowest BCUT2D eigenvalue weighted by Gasteiger charge is -2.35. The molecule has 0 unspecified atom stereocenters. The molecule has 7 rings (SSSR count). The average molecular weight is 1450 g/mol. The van der Waals surface area contributed by atoms with E-state index in [0.717, 1.165) is 129 Å². The molecule has 90 heavy (non-hydrogen) atoms. The number of hydrogen-bond acceptors (Lipinski definition) is 6. The van der Waals surface area contributed by atoms with E-state index in [0.29, 0.717) is 22.3 Å². The predicted octanol–water partition coefficient (Wildman–Crippen LogP) is 29.8. The van der Waals surface area contributed by atoms with Crippen LogP contribution in [-0.4, -0.2) is 17.5 Å². The molecule has 506 valence electrons. The van der Waals surface area contributed by atoms with Crippen LogP contribution < -0.4 is 0 Å². The molecule has 2 aromatic heterocycles. The topological polar surface area (TPSA) is 51.6 Å². The Morgan fingerprint density at radius 2 is 0.533 bits per heavy atom. The van der Waals surface area contributed by atoms with Gasteiger partial charge in [0.1, 0.15) is 33.7 Å². The SMILES string of the molecule is CCCCCCCCCCCCCCCC1(CCCCCCCCCCCCCCC)c2cc(Br)c3nsnc3c2-c2c(F)c3c(c(F)c21)-c1c(cc(I)c2nsnc12)C3(CCCCCCCCCCCCCCC)CCCCCCCCCCCCCCC. The van der Waals surface area contributed by atoms with Crippen molar-refractivity contribution in [3.63, 3.8) is 0 Å². The molecular formula is C80H126BrF2IN4S2. The highest BCUT2D eigenvalue weighted by molar-refractivity contribution is 14.1. The fourth-order valence-electron chi connectivity index (χ4n) is 16.5. The lowest BCUT2D eigenvalue weighted by Crippen LogP contribution is -2.29. The highest BCUT2D eigenvalue weighted by Crippen LogP contribution is 2.65. The Balaban J connectivity index is 1.21. The number of rotatable bonds is 56. The Kier molecular flexibility index (Phi) is 36.6. The van der Waals surface area contributed by atoms with Crippen molar-refractivity contribution in [3.05, 3.63) is 54.1 Å². The molecule has 0 fully saturated rings. The van der Waals surface area contributed by atoms with Crippen molar-refractivity contribution < 1.29 is 8.78 Å². The molecule has 0 aliphatic heterocycles. The molecule has 2 aliphatic carbocycles. The van der Waals surface area contributed by atoms with Crippen molar-refractivity contribution in [3.8, 4) is 22.3 Å². The molecule has 0 bridgehead atoms. The molecule has 5 aromatic rings. The van der Waals surface area contributed by atoms with Crippen LogP contribution in [0.3, 0.4) is 0 Å². The third kappa shape index (κ3) is 21.7. The van der Waals surface area contributed by atoms with Gasteiger partial charge < -0.3 is 0 Å². The van der Waals surface area contributed by atoms with E-state index in [1.807, 2.05) is 0 Å². The van der Waals surface area contributed by atoms with E-state index in [9.17, 15) is 0 Å². The molecule has 4 nitrogen and oxygen atoms in total. The summed E-state index contributed by atoms with van der Waals surface area (Å²) in [7, 11) is 0. The van der Waals surface area contributed by atoms with Gasteiger partial charge in [0.2, 0.25) is 0 Å². The monoisotopic (exact) mass is 1450 g/mol. The van der Waals surface area contributed by atoms with E-state index in [4.69, 9.17) is 17.5 Å².